The summed E-state index contributed by atoms with van der Waals surface area (Å²) in [7, 11) is 1.61. The Morgan fingerprint density at radius 1 is 1.23 bits per heavy atom. The van der Waals surface area contributed by atoms with Crippen LogP contribution in [-0.4, -0.2) is 36.2 Å². The second kappa shape index (κ2) is 9.85. The second-order valence-electron chi connectivity index (χ2n) is 7.21. The van der Waals surface area contributed by atoms with E-state index in [9.17, 15) is 4.79 Å². The van der Waals surface area contributed by atoms with Crippen molar-refractivity contribution in [2.75, 3.05) is 25.6 Å². The Morgan fingerprint density at radius 3 is 2.81 bits per heavy atom. The maximum atomic E-state index is 12.6. The Morgan fingerprint density at radius 2 is 2.06 bits per heavy atom. The molecule has 1 atom stereocenters. The van der Waals surface area contributed by atoms with Gasteiger partial charge in [-0.1, -0.05) is 35.9 Å². The number of nitrogens with one attached hydrogen (secondary N) is 1. The molecule has 7 nitrogen and oxygen atoms in total. The smallest absolute Gasteiger partial charge is 0.292 e. The molecule has 1 aromatic heterocycles. The Bertz CT molecular complexity index is 1080. The zero-order valence-corrected chi connectivity index (χ0v) is 18.0. The third-order valence-corrected chi connectivity index (χ3v) is 5.44. The molecule has 162 valence electrons. The Kier molecular flexibility index (Phi) is 6.74. The number of para-hydroxylation sites is 1. The molecule has 1 saturated heterocycles. The fourth-order valence-corrected chi connectivity index (χ4v) is 3.60. The lowest BCUT2D eigenvalue weighted by Gasteiger charge is -2.15. The molecule has 1 aliphatic rings. The fourth-order valence-electron chi connectivity index (χ4n) is 3.41. The van der Waals surface area contributed by atoms with Gasteiger partial charge in [-0.3, -0.25) is 4.79 Å². The van der Waals surface area contributed by atoms with E-state index < -0.39 is 0 Å². The summed E-state index contributed by atoms with van der Waals surface area (Å²) in [5.74, 6) is 1.31. The third kappa shape index (κ3) is 5.00. The molecule has 1 unspecified atom stereocenters. The van der Waals surface area contributed by atoms with Crippen molar-refractivity contribution in [3.05, 3.63) is 75.7 Å². The van der Waals surface area contributed by atoms with E-state index in [2.05, 4.69) is 10.4 Å². The van der Waals surface area contributed by atoms with E-state index in [1.54, 1.807) is 25.4 Å². The maximum absolute atomic E-state index is 12.6. The zero-order valence-electron chi connectivity index (χ0n) is 17.2. The van der Waals surface area contributed by atoms with Crippen LogP contribution in [0, 0.1) is 0 Å². The van der Waals surface area contributed by atoms with E-state index in [0.29, 0.717) is 36.0 Å². The van der Waals surface area contributed by atoms with Crippen LogP contribution in [0.3, 0.4) is 0 Å². The van der Waals surface area contributed by atoms with Gasteiger partial charge in [0.1, 0.15) is 11.6 Å². The number of methoxy groups -OCH3 is 1. The lowest BCUT2D eigenvalue weighted by atomic mass is 10.2. The molecule has 2 aromatic carbocycles. The van der Waals surface area contributed by atoms with Crippen LogP contribution in [0.4, 0.5) is 5.69 Å². The number of hydrogen-bond donors (Lipinski definition) is 1. The van der Waals surface area contributed by atoms with Crippen molar-refractivity contribution in [1.29, 1.82) is 0 Å². The summed E-state index contributed by atoms with van der Waals surface area (Å²) in [4.78, 5) is 12.6. The van der Waals surface area contributed by atoms with E-state index in [-0.39, 0.29) is 16.7 Å². The van der Waals surface area contributed by atoms with Crippen LogP contribution in [0.25, 0.3) is 5.69 Å². The Balaban J connectivity index is 1.44. The average molecular weight is 442 g/mol. The normalized spacial score (nSPS) is 15.6. The maximum Gasteiger partial charge on any atom is 0.292 e. The van der Waals surface area contributed by atoms with Gasteiger partial charge in [-0.05, 0) is 42.7 Å². The molecular weight excluding hydrogens is 418 g/mol. The minimum absolute atomic E-state index is 0.0855. The molecule has 1 N–H and O–H groups in total. The summed E-state index contributed by atoms with van der Waals surface area (Å²) in [5.41, 5.74) is 1.69. The zero-order chi connectivity index (χ0) is 21.6. The first-order valence-corrected chi connectivity index (χ1v) is 10.5. The number of ether oxygens (including phenoxy) is 3. The molecule has 0 aliphatic carbocycles. The molecule has 1 fully saturated rings. The van der Waals surface area contributed by atoms with Crippen molar-refractivity contribution in [1.82, 2.24) is 9.78 Å². The quantitative estimate of drug-likeness (QED) is 0.568. The molecule has 3 aromatic rings. The Hall–Kier alpha value is -3.03. The topological polar surface area (TPSA) is 74.6 Å². The first kappa shape index (κ1) is 21.2. The van der Waals surface area contributed by atoms with E-state index in [1.165, 1.54) is 4.68 Å². The van der Waals surface area contributed by atoms with Crippen LogP contribution in [0.15, 0.2) is 59.5 Å². The van der Waals surface area contributed by atoms with E-state index in [4.69, 9.17) is 25.8 Å². The summed E-state index contributed by atoms with van der Waals surface area (Å²) < 4.78 is 18.2. The van der Waals surface area contributed by atoms with Gasteiger partial charge in [-0.15, -0.1) is 0 Å². The van der Waals surface area contributed by atoms with Crippen LogP contribution in [0.1, 0.15) is 18.4 Å². The SMILES string of the molecule is COc1cc(CNc2cnn(-c3ccccc3)c(=O)c2Cl)ccc1OCC1CCCO1. The third-order valence-electron chi connectivity index (χ3n) is 5.08. The van der Waals surface area contributed by atoms with Crippen LogP contribution in [-0.2, 0) is 11.3 Å². The highest BCUT2D eigenvalue weighted by Crippen LogP contribution is 2.29. The minimum atomic E-state index is -0.381. The predicted molar refractivity (Wildman–Crippen MR) is 120 cm³/mol. The van der Waals surface area contributed by atoms with Crippen LogP contribution >= 0.6 is 11.6 Å². The molecule has 2 heterocycles. The van der Waals surface area contributed by atoms with Gasteiger partial charge in [-0.25, -0.2) is 0 Å². The number of nitrogens with zero attached hydrogens (tertiary/aromatic N) is 2. The Labute approximate surface area is 185 Å². The molecule has 0 saturated carbocycles. The fraction of sp³-hybridized carbons (Fsp3) is 0.304. The molecule has 0 amide bonds. The van der Waals surface area contributed by atoms with Crippen molar-refractivity contribution in [3.8, 4) is 17.2 Å². The van der Waals surface area contributed by atoms with E-state index in [0.717, 1.165) is 25.0 Å². The lowest BCUT2D eigenvalue weighted by Crippen LogP contribution is -2.22. The molecule has 0 radical (unpaired) electrons. The standard InChI is InChI=1S/C23H24ClN3O4/c1-29-21-12-16(9-10-20(21)31-15-18-8-5-11-30-18)13-25-19-14-26-27(23(28)22(19)24)17-6-3-2-4-7-17/h2-4,6-7,9-10,12,14,18,25H,5,8,11,13,15H2,1H3. The van der Waals surface area contributed by atoms with Crippen molar-refractivity contribution >= 4 is 17.3 Å². The van der Waals surface area contributed by atoms with Gasteiger partial charge in [0.05, 0.1) is 30.8 Å². The van der Waals surface area contributed by atoms with Gasteiger partial charge in [0.2, 0.25) is 0 Å². The predicted octanol–water partition coefficient (Wildman–Crippen LogP) is 4.06. The van der Waals surface area contributed by atoms with Gasteiger partial charge in [0.15, 0.2) is 11.5 Å². The highest BCUT2D eigenvalue weighted by atomic mass is 35.5. The first-order chi connectivity index (χ1) is 15.2. The number of rotatable bonds is 8. The van der Waals surface area contributed by atoms with Crippen molar-refractivity contribution < 1.29 is 14.2 Å². The summed E-state index contributed by atoms with van der Waals surface area (Å²) in [6.07, 6.45) is 3.77. The molecular formula is C23H24ClN3O4. The highest BCUT2D eigenvalue weighted by Gasteiger charge is 2.17. The van der Waals surface area contributed by atoms with Crippen molar-refractivity contribution in [2.45, 2.75) is 25.5 Å². The van der Waals surface area contributed by atoms with Gasteiger partial charge in [0, 0.05) is 13.2 Å². The largest absolute Gasteiger partial charge is 0.493 e. The van der Waals surface area contributed by atoms with Crippen LogP contribution < -0.4 is 20.3 Å². The van der Waals surface area contributed by atoms with E-state index in [1.807, 2.05) is 36.4 Å². The molecule has 0 spiro atoms. The monoisotopic (exact) mass is 441 g/mol. The van der Waals surface area contributed by atoms with E-state index >= 15 is 0 Å². The summed E-state index contributed by atoms with van der Waals surface area (Å²) >= 11 is 6.31. The summed E-state index contributed by atoms with van der Waals surface area (Å²) in [5, 5.41) is 7.49. The number of benzene rings is 2. The number of anilines is 1. The van der Waals surface area contributed by atoms with Crippen molar-refractivity contribution in [3.63, 3.8) is 0 Å². The van der Waals surface area contributed by atoms with Gasteiger partial charge < -0.3 is 19.5 Å². The van der Waals surface area contributed by atoms with Gasteiger partial charge in [0.25, 0.3) is 5.56 Å². The molecule has 8 heteroatoms. The second-order valence-corrected chi connectivity index (χ2v) is 7.59. The van der Waals surface area contributed by atoms with Crippen LogP contribution in [0.2, 0.25) is 5.02 Å². The van der Waals surface area contributed by atoms with Crippen molar-refractivity contribution in [2.24, 2.45) is 0 Å². The van der Waals surface area contributed by atoms with Crippen LogP contribution in [0.5, 0.6) is 11.5 Å². The van der Waals surface area contributed by atoms with Gasteiger partial charge in [-0.2, -0.15) is 9.78 Å². The first-order valence-electron chi connectivity index (χ1n) is 10.1. The highest BCUT2D eigenvalue weighted by molar-refractivity contribution is 6.32. The molecule has 1 aliphatic heterocycles. The number of halogens is 1. The molecule has 0 bridgehead atoms. The number of aromatic nitrogens is 2. The number of hydrogen-bond acceptors (Lipinski definition) is 6. The van der Waals surface area contributed by atoms with Gasteiger partial charge >= 0.3 is 0 Å². The lowest BCUT2D eigenvalue weighted by molar-refractivity contribution is 0.0669. The molecule has 31 heavy (non-hydrogen) atoms. The molecule has 4 rings (SSSR count). The average Bonchev–Trinajstić information content (AvgIpc) is 3.33. The summed E-state index contributed by atoms with van der Waals surface area (Å²) in [6.45, 7) is 1.74. The summed E-state index contributed by atoms with van der Waals surface area (Å²) in [6, 6.07) is 14.9. The minimum Gasteiger partial charge on any atom is -0.493 e.